The molecule has 0 radical (unpaired) electrons. The van der Waals surface area contributed by atoms with Crippen LogP contribution in [0.3, 0.4) is 0 Å². The van der Waals surface area contributed by atoms with Gasteiger partial charge in [-0.25, -0.2) is 9.50 Å². The van der Waals surface area contributed by atoms with Crippen LogP contribution in [0.15, 0.2) is 48.7 Å². The van der Waals surface area contributed by atoms with E-state index < -0.39 is 0 Å². The number of nitrogens with two attached hydrogens (primary N) is 2. The number of aromatic amines is 1. The molecular formula is C26H34N8. The van der Waals surface area contributed by atoms with Crippen LogP contribution in [0.25, 0.3) is 27.8 Å². The second-order valence-electron chi connectivity index (χ2n) is 9.69. The quantitative estimate of drug-likeness (QED) is 0.258. The van der Waals surface area contributed by atoms with Crippen LogP contribution in [-0.2, 0) is 0 Å². The molecule has 34 heavy (non-hydrogen) atoms. The fourth-order valence-electron chi connectivity index (χ4n) is 5.33. The molecule has 8 heteroatoms. The summed E-state index contributed by atoms with van der Waals surface area (Å²) in [6.07, 6.45) is 7.50. The Hall–Kier alpha value is -3.36. The lowest BCUT2D eigenvalue weighted by molar-refractivity contribution is 0.225. The zero-order chi connectivity index (χ0) is 23.8. The fraction of sp³-hybridized carbons (Fsp3) is 0.385. The van der Waals surface area contributed by atoms with Crippen molar-refractivity contribution in [2.75, 3.05) is 19.6 Å². The molecule has 1 aliphatic rings. The highest BCUT2D eigenvalue weighted by Gasteiger charge is 2.23. The average molecular weight is 459 g/mol. The highest BCUT2D eigenvalue weighted by atomic mass is 15.3. The summed E-state index contributed by atoms with van der Waals surface area (Å²) in [4.78, 5) is 10.5. The number of H-pyrrole nitrogens is 1. The van der Waals surface area contributed by atoms with E-state index >= 15 is 0 Å². The summed E-state index contributed by atoms with van der Waals surface area (Å²) in [5.74, 6) is 6.49. The molecule has 4 aromatic rings. The van der Waals surface area contributed by atoms with Gasteiger partial charge in [-0.15, -0.1) is 0 Å². The van der Waals surface area contributed by atoms with Crippen LogP contribution < -0.4 is 17.0 Å². The minimum absolute atomic E-state index is 0.386. The van der Waals surface area contributed by atoms with E-state index in [1.807, 2.05) is 4.52 Å². The minimum atomic E-state index is 0.386. The number of rotatable bonds is 6. The van der Waals surface area contributed by atoms with Crippen molar-refractivity contribution in [3.8, 4) is 11.3 Å². The molecule has 4 heterocycles. The molecule has 178 valence electrons. The van der Waals surface area contributed by atoms with Gasteiger partial charge in [0, 0.05) is 35.4 Å². The van der Waals surface area contributed by atoms with Crippen LogP contribution in [-0.4, -0.2) is 44.1 Å². The number of pyridine rings is 1. The van der Waals surface area contributed by atoms with Gasteiger partial charge in [-0.2, -0.15) is 5.10 Å². The predicted octanol–water partition coefficient (Wildman–Crippen LogP) is 3.75. The fourth-order valence-corrected chi connectivity index (χ4v) is 5.33. The Bertz CT molecular complexity index is 1340. The largest absolute Gasteiger partial charge is 0.403 e. The van der Waals surface area contributed by atoms with E-state index in [0.29, 0.717) is 11.8 Å². The first-order chi connectivity index (χ1) is 16.5. The number of likely N-dealkylation sites (tertiary alicyclic amines) is 1. The molecule has 0 saturated carbocycles. The zero-order valence-electron chi connectivity index (χ0n) is 20.2. The van der Waals surface area contributed by atoms with Gasteiger partial charge >= 0.3 is 0 Å². The van der Waals surface area contributed by atoms with Crippen molar-refractivity contribution in [2.24, 2.45) is 11.6 Å². The minimum Gasteiger partial charge on any atom is -0.403 e. The normalized spacial score (nSPS) is 16.2. The van der Waals surface area contributed by atoms with Gasteiger partial charge in [-0.1, -0.05) is 19.9 Å². The predicted molar refractivity (Wildman–Crippen MR) is 137 cm³/mol. The van der Waals surface area contributed by atoms with Gasteiger partial charge in [0.25, 0.3) is 0 Å². The second kappa shape index (κ2) is 9.12. The van der Waals surface area contributed by atoms with Gasteiger partial charge in [-0.05, 0) is 79.6 Å². The number of aromatic nitrogens is 4. The van der Waals surface area contributed by atoms with E-state index in [-0.39, 0.29) is 0 Å². The Morgan fingerprint density at radius 3 is 2.76 bits per heavy atom. The molecule has 8 nitrogen and oxygen atoms in total. The summed E-state index contributed by atoms with van der Waals surface area (Å²) in [5, 5.41) is 5.67. The lowest BCUT2D eigenvalue weighted by atomic mass is 9.87. The molecule has 6 N–H and O–H groups in total. The van der Waals surface area contributed by atoms with Gasteiger partial charge in [0.2, 0.25) is 0 Å². The van der Waals surface area contributed by atoms with Crippen LogP contribution in [0, 0.1) is 6.92 Å². The third kappa shape index (κ3) is 4.03. The number of nitrogens with zero attached hydrogens (tertiary/aromatic N) is 4. The van der Waals surface area contributed by atoms with Crippen molar-refractivity contribution < 1.29 is 0 Å². The van der Waals surface area contributed by atoms with Crippen molar-refractivity contribution in [2.45, 2.75) is 45.4 Å². The number of fused-ring (bicyclic) bond motifs is 2. The number of hydrogen-bond donors (Lipinski definition) is 4. The van der Waals surface area contributed by atoms with E-state index in [0.717, 1.165) is 43.8 Å². The Balaban J connectivity index is 1.47. The standard InChI is InChI=1S/C26H34N8/c1-16(2)25-21-11-19(18-6-8-33(9-7-18)13-20(12-27)32-28)4-5-23(21)31-26(25)22-14-34-24(10-17(22)3)29-15-30-34/h4-5,10-12,14-16,18,31-32H,6-9,13,27-28H2,1-3H3/b20-12-. The van der Waals surface area contributed by atoms with Crippen molar-refractivity contribution in [3.05, 3.63) is 65.4 Å². The Morgan fingerprint density at radius 1 is 1.26 bits per heavy atom. The topological polar surface area (TPSA) is 113 Å². The summed E-state index contributed by atoms with van der Waals surface area (Å²) in [6.45, 7) is 9.53. The van der Waals surface area contributed by atoms with E-state index in [1.165, 1.54) is 38.9 Å². The van der Waals surface area contributed by atoms with E-state index in [1.54, 1.807) is 12.5 Å². The van der Waals surface area contributed by atoms with Gasteiger partial charge in [0.05, 0.1) is 11.4 Å². The molecule has 0 spiro atoms. The SMILES string of the molecule is Cc1cc2ncnn2cc1-c1[nH]c2ccc(C3CCN(C/C(=C/N)NN)CC3)cc2c1C(C)C. The first-order valence-corrected chi connectivity index (χ1v) is 12.0. The monoisotopic (exact) mass is 458 g/mol. The maximum atomic E-state index is 5.64. The number of hydrogen-bond acceptors (Lipinski definition) is 6. The third-order valence-electron chi connectivity index (χ3n) is 7.17. The summed E-state index contributed by atoms with van der Waals surface area (Å²) in [6, 6.07) is 9.07. The van der Waals surface area contributed by atoms with E-state index in [4.69, 9.17) is 11.6 Å². The maximum absolute atomic E-state index is 5.64. The first kappa shape index (κ1) is 22.4. The van der Waals surface area contributed by atoms with Crippen LogP contribution in [0.1, 0.15) is 55.2 Å². The number of piperidine rings is 1. The molecule has 5 rings (SSSR count). The molecule has 1 aromatic carbocycles. The number of benzene rings is 1. The molecule has 1 fully saturated rings. The maximum Gasteiger partial charge on any atom is 0.155 e. The Morgan fingerprint density at radius 2 is 2.06 bits per heavy atom. The molecule has 0 atom stereocenters. The summed E-state index contributed by atoms with van der Waals surface area (Å²) < 4.78 is 1.85. The summed E-state index contributed by atoms with van der Waals surface area (Å²) >= 11 is 0. The molecule has 1 aliphatic heterocycles. The number of hydrazine groups is 1. The number of nitrogens with one attached hydrogen (secondary N) is 2. The molecule has 0 bridgehead atoms. The third-order valence-corrected chi connectivity index (χ3v) is 7.17. The van der Waals surface area contributed by atoms with Crippen LogP contribution >= 0.6 is 0 Å². The molecule has 0 unspecified atom stereocenters. The van der Waals surface area contributed by atoms with Crippen molar-refractivity contribution in [1.29, 1.82) is 0 Å². The Labute approximate surface area is 200 Å². The van der Waals surface area contributed by atoms with Crippen LogP contribution in [0.4, 0.5) is 0 Å². The van der Waals surface area contributed by atoms with Crippen LogP contribution in [0.5, 0.6) is 0 Å². The lowest BCUT2D eigenvalue weighted by Gasteiger charge is -2.32. The highest BCUT2D eigenvalue weighted by Crippen LogP contribution is 2.39. The highest BCUT2D eigenvalue weighted by molar-refractivity contribution is 5.92. The molecule has 0 aliphatic carbocycles. The van der Waals surface area contributed by atoms with Crippen molar-refractivity contribution in [3.63, 3.8) is 0 Å². The van der Waals surface area contributed by atoms with Gasteiger partial charge in [0.15, 0.2) is 5.65 Å². The average Bonchev–Trinajstić information content (AvgIpc) is 3.45. The van der Waals surface area contributed by atoms with Crippen LogP contribution in [0.2, 0.25) is 0 Å². The summed E-state index contributed by atoms with van der Waals surface area (Å²) in [7, 11) is 0. The first-order valence-electron chi connectivity index (χ1n) is 12.0. The zero-order valence-corrected chi connectivity index (χ0v) is 20.2. The second-order valence-corrected chi connectivity index (χ2v) is 9.69. The smallest absolute Gasteiger partial charge is 0.155 e. The van der Waals surface area contributed by atoms with Crippen molar-refractivity contribution in [1.82, 2.24) is 29.9 Å². The van der Waals surface area contributed by atoms with Gasteiger partial charge in [-0.3, -0.25) is 10.7 Å². The Kier molecular flexibility index (Phi) is 6.02. The lowest BCUT2D eigenvalue weighted by Crippen LogP contribution is -2.38. The number of aryl methyl sites for hydroxylation is 1. The van der Waals surface area contributed by atoms with E-state index in [2.05, 4.69) is 76.6 Å². The molecular weight excluding hydrogens is 424 g/mol. The van der Waals surface area contributed by atoms with Gasteiger partial charge in [0.1, 0.15) is 6.33 Å². The molecule has 1 saturated heterocycles. The summed E-state index contributed by atoms with van der Waals surface area (Å²) in [5.41, 5.74) is 17.6. The van der Waals surface area contributed by atoms with Crippen molar-refractivity contribution >= 4 is 16.6 Å². The molecule has 0 amide bonds. The molecule has 3 aromatic heterocycles. The van der Waals surface area contributed by atoms with E-state index in [9.17, 15) is 0 Å². The van der Waals surface area contributed by atoms with Gasteiger partial charge < -0.3 is 16.1 Å².